The predicted octanol–water partition coefficient (Wildman–Crippen LogP) is 3.77. The van der Waals surface area contributed by atoms with E-state index >= 15 is 0 Å². The van der Waals surface area contributed by atoms with E-state index in [1.165, 1.54) is 24.0 Å². The molecule has 3 rings (SSSR count). The lowest BCUT2D eigenvalue weighted by Crippen LogP contribution is -2.44. The second-order valence-electron chi connectivity index (χ2n) is 7.84. The Morgan fingerprint density at radius 1 is 1.07 bits per heavy atom. The van der Waals surface area contributed by atoms with Crippen LogP contribution in [0.15, 0.2) is 48.5 Å². The zero-order chi connectivity index (χ0) is 21.2. The summed E-state index contributed by atoms with van der Waals surface area (Å²) >= 11 is 0. The van der Waals surface area contributed by atoms with E-state index in [1.54, 1.807) is 7.11 Å². The van der Waals surface area contributed by atoms with Crippen molar-refractivity contribution in [3.8, 4) is 5.75 Å². The molecule has 1 saturated heterocycles. The molecule has 2 aromatic rings. The molecule has 1 aliphatic heterocycles. The Morgan fingerprint density at radius 2 is 1.73 bits per heavy atom. The van der Waals surface area contributed by atoms with Gasteiger partial charge in [-0.15, -0.1) is 0 Å². The molecule has 0 aliphatic carbocycles. The van der Waals surface area contributed by atoms with Gasteiger partial charge in [0.2, 0.25) is 5.91 Å². The van der Waals surface area contributed by atoms with Crippen LogP contribution in [0.1, 0.15) is 42.5 Å². The highest BCUT2D eigenvalue weighted by molar-refractivity contribution is 5.78. The van der Waals surface area contributed by atoms with E-state index in [4.69, 9.17) is 9.47 Å². The number of ether oxygens (including phenoxy) is 2. The zero-order valence-electron chi connectivity index (χ0n) is 18.2. The number of unbranched alkanes of at least 4 members (excludes halogenated alkanes) is 1. The van der Waals surface area contributed by atoms with Crippen LogP contribution in [-0.2, 0) is 22.4 Å². The van der Waals surface area contributed by atoms with Gasteiger partial charge in [-0.1, -0.05) is 49.7 Å². The average molecular weight is 411 g/mol. The molecule has 30 heavy (non-hydrogen) atoms. The van der Waals surface area contributed by atoms with Crippen molar-refractivity contribution < 1.29 is 14.3 Å². The third kappa shape index (κ3) is 6.57. The van der Waals surface area contributed by atoms with Crippen LogP contribution in [-0.4, -0.2) is 50.8 Å². The van der Waals surface area contributed by atoms with Gasteiger partial charge in [0.15, 0.2) is 0 Å². The number of carbonyl (C=O) groups is 1. The van der Waals surface area contributed by atoms with E-state index < -0.39 is 0 Å². The zero-order valence-corrected chi connectivity index (χ0v) is 18.2. The van der Waals surface area contributed by atoms with Gasteiger partial charge in [-0.2, -0.15) is 0 Å². The Bertz CT molecular complexity index is 768. The molecule has 1 N–H and O–H groups in total. The molecular weight excluding hydrogens is 376 g/mol. The number of rotatable bonds is 10. The topological polar surface area (TPSA) is 50.8 Å². The van der Waals surface area contributed by atoms with Crippen molar-refractivity contribution in [3.05, 3.63) is 65.2 Å². The smallest absolute Gasteiger partial charge is 0.224 e. The van der Waals surface area contributed by atoms with Gasteiger partial charge in [0.1, 0.15) is 5.75 Å². The monoisotopic (exact) mass is 410 g/mol. The summed E-state index contributed by atoms with van der Waals surface area (Å²) in [5.74, 6) is 0.897. The predicted molar refractivity (Wildman–Crippen MR) is 120 cm³/mol. The van der Waals surface area contributed by atoms with Gasteiger partial charge >= 0.3 is 0 Å². The van der Waals surface area contributed by atoms with Crippen molar-refractivity contribution in [1.82, 2.24) is 10.2 Å². The number of aryl methyl sites for hydroxylation is 1. The van der Waals surface area contributed by atoms with E-state index in [0.717, 1.165) is 44.0 Å². The van der Waals surface area contributed by atoms with Crippen LogP contribution in [0.3, 0.4) is 0 Å². The second kappa shape index (κ2) is 11.7. The summed E-state index contributed by atoms with van der Waals surface area (Å²) in [5, 5.41) is 3.15. The lowest BCUT2D eigenvalue weighted by atomic mass is 10.0. The molecule has 0 spiro atoms. The second-order valence-corrected chi connectivity index (χ2v) is 7.84. The molecule has 0 radical (unpaired) electrons. The summed E-state index contributed by atoms with van der Waals surface area (Å²) in [4.78, 5) is 15.0. The van der Waals surface area contributed by atoms with Crippen molar-refractivity contribution in [2.75, 3.05) is 40.0 Å². The third-order valence-corrected chi connectivity index (χ3v) is 5.69. The van der Waals surface area contributed by atoms with Gasteiger partial charge in [0.25, 0.3) is 0 Å². The summed E-state index contributed by atoms with van der Waals surface area (Å²) < 4.78 is 10.8. The van der Waals surface area contributed by atoms with Crippen molar-refractivity contribution in [2.45, 2.75) is 38.6 Å². The molecule has 0 saturated carbocycles. The maximum Gasteiger partial charge on any atom is 0.224 e. The lowest BCUT2D eigenvalue weighted by molar-refractivity contribution is -0.120. The number of carbonyl (C=O) groups excluding carboxylic acids is 1. The van der Waals surface area contributed by atoms with E-state index in [9.17, 15) is 4.79 Å². The molecule has 1 atom stereocenters. The first-order valence-electron chi connectivity index (χ1n) is 11.0. The summed E-state index contributed by atoms with van der Waals surface area (Å²) in [6.45, 7) is 5.97. The Hall–Kier alpha value is -2.37. The normalized spacial score (nSPS) is 15.5. The number of hydrogen-bond donors (Lipinski definition) is 1. The highest BCUT2D eigenvalue weighted by atomic mass is 16.5. The van der Waals surface area contributed by atoms with Gasteiger partial charge < -0.3 is 14.8 Å². The number of amides is 1. The van der Waals surface area contributed by atoms with Crippen LogP contribution in [0, 0.1) is 0 Å². The van der Waals surface area contributed by atoms with Crippen LogP contribution in [0.5, 0.6) is 5.75 Å². The molecule has 1 aliphatic rings. The minimum Gasteiger partial charge on any atom is -0.497 e. The molecular formula is C25H34N2O3. The van der Waals surface area contributed by atoms with E-state index in [1.807, 2.05) is 12.1 Å². The van der Waals surface area contributed by atoms with Crippen molar-refractivity contribution in [3.63, 3.8) is 0 Å². The number of benzene rings is 2. The Morgan fingerprint density at radius 3 is 2.37 bits per heavy atom. The van der Waals surface area contributed by atoms with Gasteiger partial charge in [0, 0.05) is 19.6 Å². The summed E-state index contributed by atoms with van der Waals surface area (Å²) in [6.07, 6.45) is 3.91. The van der Waals surface area contributed by atoms with Crippen LogP contribution in [0.2, 0.25) is 0 Å². The molecule has 2 aromatic carbocycles. The fraction of sp³-hybridized carbons (Fsp3) is 0.480. The highest BCUT2D eigenvalue weighted by Gasteiger charge is 2.23. The van der Waals surface area contributed by atoms with Gasteiger partial charge in [0.05, 0.1) is 32.8 Å². The number of methoxy groups -OCH3 is 1. The van der Waals surface area contributed by atoms with Gasteiger partial charge in [-0.3, -0.25) is 9.69 Å². The number of hydrogen-bond acceptors (Lipinski definition) is 4. The first kappa shape index (κ1) is 22.3. The molecule has 1 unspecified atom stereocenters. The highest BCUT2D eigenvalue weighted by Crippen LogP contribution is 2.23. The first-order valence-corrected chi connectivity index (χ1v) is 11.0. The SMILES string of the molecule is CCCCc1ccc(CC(=O)NCC(c2ccc(OC)cc2)N2CCOCC2)cc1. The maximum atomic E-state index is 12.6. The maximum absolute atomic E-state index is 12.6. The van der Waals surface area contributed by atoms with E-state index in [-0.39, 0.29) is 11.9 Å². The standard InChI is InChI=1S/C25H34N2O3/c1-3-4-5-20-6-8-21(9-7-20)18-25(28)26-19-24(27-14-16-30-17-15-27)22-10-12-23(29-2)13-11-22/h6-13,24H,3-5,14-19H2,1-2H3,(H,26,28). The molecule has 162 valence electrons. The summed E-state index contributed by atoms with van der Waals surface area (Å²) in [7, 11) is 1.67. The largest absolute Gasteiger partial charge is 0.497 e. The average Bonchev–Trinajstić information content (AvgIpc) is 2.80. The Labute approximate surface area is 180 Å². The number of nitrogens with one attached hydrogen (secondary N) is 1. The fourth-order valence-corrected chi connectivity index (χ4v) is 3.84. The molecule has 5 heteroatoms. The third-order valence-electron chi connectivity index (χ3n) is 5.69. The van der Waals surface area contributed by atoms with Crippen LogP contribution < -0.4 is 10.1 Å². The van der Waals surface area contributed by atoms with Gasteiger partial charge in [-0.05, 0) is 41.7 Å². The number of morpholine rings is 1. The van der Waals surface area contributed by atoms with Crippen molar-refractivity contribution >= 4 is 5.91 Å². The van der Waals surface area contributed by atoms with E-state index in [0.29, 0.717) is 13.0 Å². The molecule has 0 bridgehead atoms. The molecule has 1 heterocycles. The lowest BCUT2D eigenvalue weighted by Gasteiger charge is -2.35. The number of nitrogens with zero attached hydrogens (tertiary/aromatic N) is 1. The summed E-state index contributed by atoms with van der Waals surface area (Å²) in [6, 6.07) is 16.7. The minimum atomic E-state index is 0.0584. The Kier molecular flexibility index (Phi) is 8.72. The van der Waals surface area contributed by atoms with Crippen LogP contribution in [0.25, 0.3) is 0 Å². The molecule has 5 nitrogen and oxygen atoms in total. The Balaban J connectivity index is 1.59. The van der Waals surface area contributed by atoms with Crippen molar-refractivity contribution in [2.24, 2.45) is 0 Å². The van der Waals surface area contributed by atoms with E-state index in [2.05, 4.69) is 53.5 Å². The minimum absolute atomic E-state index is 0.0584. The fourth-order valence-electron chi connectivity index (χ4n) is 3.84. The van der Waals surface area contributed by atoms with Crippen LogP contribution >= 0.6 is 0 Å². The van der Waals surface area contributed by atoms with Gasteiger partial charge in [-0.25, -0.2) is 0 Å². The molecule has 1 fully saturated rings. The molecule has 0 aromatic heterocycles. The first-order chi connectivity index (χ1) is 14.7. The molecule has 1 amide bonds. The summed E-state index contributed by atoms with van der Waals surface area (Å²) in [5.41, 5.74) is 3.58. The van der Waals surface area contributed by atoms with Crippen LogP contribution in [0.4, 0.5) is 0 Å². The quantitative estimate of drug-likeness (QED) is 0.648. The van der Waals surface area contributed by atoms with Crippen molar-refractivity contribution in [1.29, 1.82) is 0 Å².